The number of hydrogen-bond acceptors (Lipinski definition) is 2. The van der Waals surface area contributed by atoms with Crippen molar-refractivity contribution >= 4 is 27.3 Å². The molecule has 80 valence electrons. The third-order valence-electron chi connectivity index (χ3n) is 1.51. The molecule has 0 saturated carbocycles. The Balaban J connectivity index is 2.16. The maximum atomic E-state index is 11.7. The summed E-state index contributed by atoms with van der Waals surface area (Å²) in [5.41, 5.74) is 0. The van der Waals surface area contributed by atoms with E-state index < -0.39 is 12.6 Å². The van der Waals surface area contributed by atoms with Gasteiger partial charge in [-0.3, -0.25) is 0 Å². The number of hydrogen-bond donors (Lipinski definition) is 1. The summed E-state index contributed by atoms with van der Waals surface area (Å²) in [6.45, 7) is 0.464. The molecule has 0 aliphatic rings. The Labute approximate surface area is 92.4 Å². The minimum absolute atomic E-state index is 0.0288. The lowest BCUT2D eigenvalue weighted by atomic mass is 10.4. The van der Waals surface area contributed by atoms with Crippen LogP contribution >= 0.6 is 27.3 Å². The lowest BCUT2D eigenvalue weighted by Crippen LogP contribution is -2.20. The van der Waals surface area contributed by atoms with Crippen LogP contribution in [0, 0.1) is 0 Å². The van der Waals surface area contributed by atoms with Gasteiger partial charge in [-0.05, 0) is 22.0 Å². The number of halogens is 4. The van der Waals surface area contributed by atoms with Crippen molar-refractivity contribution in [1.29, 1.82) is 0 Å². The summed E-state index contributed by atoms with van der Waals surface area (Å²) in [5, 5.41) is 4.64. The Morgan fingerprint density at radius 1 is 1.43 bits per heavy atom. The van der Waals surface area contributed by atoms with E-state index >= 15 is 0 Å². The molecule has 0 saturated heterocycles. The molecule has 0 fully saturated rings. The maximum absolute atomic E-state index is 11.7. The van der Waals surface area contributed by atoms with Crippen LogP contribution in [0.3, 0.4) is 0 Å². The smallest absolute Gasteiger partial charge is 0.312 e. The first kappa shape index (κ1) is 12.0. The average Bonchev–Trinajstić information content (AvgIpc) is 2.44. The van der Waals surface area contributed by atoms with Crippen LogP contribution in [0.25, 0.3) is 0 Å². The Morgan fingerprint density at radius 3 is 2.64 bits per heavy atom. The van der Waals surface area contributed by atoms with Crippen LogP contribution in [0.15, 0.2) is 15.9 Å². The second-order valence-electron chi connectivity index (χ2n) is 2.77. The number of alkyl halides is 3. The normalized spacial score (nSPS) is 12.0. The van der Waals surface area contributed by atoms with Crippen LogP contribution in [-0.2, 0) is 6.54 Å². The molecule has 0 aromatic carbocycles. The molecule has 0 unspecified atom stereocenters. The summed E-state index contributed by atoms with van der Waals surface area (Å²) in [4.78, 5) is 1.03. The molecule has 1 heterocycles. The van der Waals surface area contributed by atoms with Gasteiger partial charge < -0.3 is 5.32 Å². The van der Waals surface area contributed by atoms with Crippen molar-refractivity contribution in [3.05, 3.63) is 20.8 Å². The Hall–Kier alpha value is -0.0700. The van der Waals surface area contributed by atoms with Gasteiger partial charge in [-0.15, -0.1) is 11.3 Å². The molecule has 0 radical (unpaired) electrons. The first-order valence-electron chi connectivity index (χ1n) is 3.98. The van der Waals surface area contributed by atoms with Crippen molar-refractivity contribution in [1.82, 2.24) is 5.32 Å². The average molecular weight is 288 g/mol. The van der Waals surface area contributed by atoms with Crippen LogP contribution in [-0.4, -0.2) is 12.7 Å². The summed E-state index contributed by atoms with van der Waals surface area (Å²) in [5.74, 6) is 0. The fourth-order valence-corrected chi connectivity index (χ4v) is 2.31. The molecule has 1 nitrogen and oxygen atoms in total. The predicted molar refractivity (Wildman–Crippen MR) is 54.4 cm³/mol. The fourth-order valence-electron chi connectivity index (χ4n) is 0.888. The van der Waals surface area contributed by atoms with Gasteiger partial charge in [0.15, 0.2) is 0 Å². The first-order valence-corrected chi connectivity index (χ1v) is 5.65. The van der Waals surface area contributed by atoms with E-state index in [1.807, 2.05) is 11.4 Å². The van der Waals surface area contributed by atoms with Crippen molar-refractivity contribution in [3.8, 4) is 0 Å². The van der Waals surface area contributed by atoms with E-state index in [0.29, 0.717) is 6.54 Å². The molecule has 0 amide bonds. The van der Waals surface area contributed by atoms with Crippen molar-refractivity contribution in [2.75, 3.05) is 6.54 Å². The van der Waals surface area contributed by atoms with Crippen molar-refractivity contribution in [3.63, 3.8) is 0 Å². The first-order chi connectivity index (χ1) is 6.47. The van der Waals surface area contributed by atoms with E-state index in [2.05, 4.69) is 21.2 Å². The highest BCUT2D eigenvalue weighted by atomic mass is 79.9. The third kappa shape index (κ3) is 4.97. The van der Waals surface area contributed by atoms with Crippen LogP contribution in [0.1, 0.15) is 11.3 Å². The second-order valence-corrected chi connectivity index (χ2v) is 4.68. The highest BCUT2D eigenvalue weighted by Gasteiger charge is 2.25. The van der Waals surface area contributed by atoms with Gasteiger partial charge in [-0.2, -0.15) is 13.2 Å². The number of rotatable bonds is 4. The van der Waals surface area contributed by atoms with Crippen molar-refractivity contribution in [2.45, 2.75) is 19.1 Å². The molecule has 0 aliphatic carbocycles. The van der Waals surface area contributed by atoms with E-state index in [1.165, 1.54) is 11.3 Å². The van der Waals surface area contributed by atoms with Gasteiger partial charge >= 0.3 is 6.18 Å². The molecular weight excluding hydrogens is 279 g/mol. The zero-order chi connectivity index (χ0) is 10.6. The molecule has 1 N–H and O–H groups in total. The van der Waals surface area contributed by atoms with Crippen molar-refractivity contribution < 1.29 is 13.2 Å². The Morgan fingerprint density at radius 2 is 2.14 bits per heavy atom. The van der Waals surface area contributed by atoms with Crippen LogP contribution in [0.2, 0.25) is 0 Å². The van der Waals surface area contributed by atoms with Gasteiger partial charge in [-0.25, -0.2) is 0 Å². The minimum Gasteiger partial charge on any atom is -0.312 e. The zero-order valence-corrected chi connectivity index (χ0v) is 9.60. The lowest BCUT2D eigenvalue weighted by Gasteiger charge is -2.06. The SMILES string of the molecule is FC(F)(F)CCNCc1cc(Br)cs1. The van der Waals surface area contributed by atoms with Crippen LogP contribution < -0.4 is 5.32 Å². The third-order valence-corrected chi connectivity index (χ3v) is 3.20. The van der Waals surface area contributed by atoms with Crippen LogP contribution in [0.5, 0.6) is 0 Å². The zero-order valence-electron chi connectivity index (χ0n) is 7.20. The standard InChI is InChI=1S/C8H9BrF3NS/c9-6-3-7(14-5-6)4-13-2-1-8(10,11)12/h3,5,13H,1-2,4H2. The molecule has 0 spiro atoms. The summed E-state index contributed by atoms with van der Waals surface area (Å²) in [6.07, 6.45) is -4.84. The lowest BCUT2D eigenvalue weighted by molar-refractivity contribution is -0.133. The number of nitrogens with one attached hydrogen (secondary N) is 1. The van der Waals surface area contributed by atoms with Gasteiger partial charge in [0.25, 0.3) is 0 Å². The minimum atomic E-state index is -4.07. The monoisotopic (exact) mass is 287 g/mol. The quantitative estimate of drug-likeness (QED) is 0.835. The predicted octanol–water partition coefficient (Wildman–Crippen LogP) is 3.55. The highest BCUT2D eigenvalue weighted by Crippen LogP contribution is 2.20. The maximum Gasteiger partial charge on any atom is 0.390 e. The summed E-state index contributed by atoms with van der Waals surface area (Å²) < 4.78 is 36.2. The van der Waals surface area contributed by atoms with Crippen LogP contribution in [0.4, 0.5) is 13.2 Å². The van der Waals surface area contributed by atoms with E-state index in [1.54, 1.807) is 0 Å². The van der Waals surface area contributed by atoms with E-state index in [-0.39, 0.29) is 6.54 Å². The Bertz CT molecular complexity index is 284. The molecule has 1 aromatic rings. The Kier molecular flexibility index (Phi) is 4.40. The van der Waals surface area contributed by atoms with E-state index in [4.69, 9.17) is 0 Å². The largest absolute Gasteiger partial charge is 0.390 e. The molecule has 0 aliphatic heterocycles. The van der Waals surface area contributed by atoms with Gasteiger partial charge in [-0.1, -0.05) is 0 Å². The molecule has 1 rings (SSSR count). The molecule has 14 heavy (non-hydrogen) atoms. The highest BCUT2D eigenvalue weighted by molar-refractivity contribution is 9.10. The molecular formula is C8H9BrF3NS. The molecule has 0 atom stereocenters. The van der Waals surface area contributed by atoms with Gasteiger partial charge in [0.1, 0.15) is 0 Å². The summed E-state index contributed by atoms with van der Waals surface area (Å²) >= 11 is 4.79. The van der Waals surface area contributed by atoms with E-state index in [0.717, 1.165) is 9.35 Å². The van der Waals surface area contributed by atoms with Gasteiger partial charge in [0, 0.05) is 27.8 Å². The van der Waals surface area contributed by atoms with Crippen molar-refractivity contribution in [2.24, 2.45) is 0 Å². The van der Waals surface area contributed by atoms with Gasteiger partial charge in [0.2, 0.25) is 0 Å². The van der Waals surface area contributed by atoms with E-state index in [9.17, 15) is 13.2 Å². The fraction of sp³-hybridized carbons (Fsp3) is 0.500. The summed E-state index contributed by atoms with van der Waals surface area (Å²) in [7, 11) is 0. The topological polar surface area (TPSA) is 12.0 Å². The number of thiophene rings is 1. The molecule has 1 aromatic heterocycles. The molecule has 0 bridgehead atoms. The second kappa shape index (κ2) is 5.14. The molecule has 6 heteroatoms. The van der Waals surface area contributed by atoms with Gasteiger partial charge in [0.05, 0.1) is 6.42 Å². The summed E-state index contributed by atoms with van der Waals surface area (Å²) in [6, 6.07) is 1.89.